The fraction of sp³-hybridized carbons (Fsp3) is 0.409. The SMILES string of the molecule is Cc1[nH]c(C=C2C(=O)Nc3ccc(F)cc32)c(C)c1NCCN1CCN(C)CC1. The fourth-order valence-electron chi connectivity index (χ4n) is 4.04. The van der Waals surface area contributed by atoms with Gasteiger partial charge in [-0.3, -0.25) is 9.69 Å². The molecule has 1 aromatic heterocycles. The molecule has 0 atom stereocenters. The topological polar surface area (TPSA) is 63.4 Å². The van der Waals surface area contributed by atoms with Crippen molar-refractivity contribution in [3.8, 4) is 0 Å². The van der Waals surface area contributed by atoms with Crippen molar-refractivity contribution in [3.63, 3.8) is 0 Å². The van der Waals surface area contributed by atoms with E-state index in [4.69, 9.17) is 0 Å². The van der Waals surface area contributed by atoms with E-state index in [0.29, 0.717) is 16.8 Å². The summed E-state index contributed by atoms with van der Waals surface area (Å²) in [5.41, 5.74) is 5.76. The zero-order valence-electron chi connectivity index (χ0n) is 17.2. The van der Waals surface area contributed by atoms with E-state index >= 15 is 0 Å². The summed E-state index contributed by atoms with van der Waals surface area (Å²) in [6.45, 7) is 10.4. The molecule has 1 fully saturated rings. The summed E-state index contributed by atoms with van der Waals surface area (Å²) in [6, 6.07) is 4.36. The van der Waals surface area contributed by atoms with Crippen LogP contribution in [0.4, 0.5) is 15.8 Å². The number of amides is 1. The predicted octanol–water partition coefficient (Wildman–Crippen LogP) is 2.92. The van der Waals surface area contributed by atoms with Gasteiger partial charge in [-0.2, -0.15) is 0 Å². The van der Waals surface area contributed by atoms with Crippen molar-refractivity contribution < 1.29 is 9.18 Å². The fourth-order valence-corrected chi connectivity index (χ4v) is 4.04. The van der Waals surface area contributed by atoms with Crippen molar-refractivity contribution in [3.05, 3.63) is 46.5 Å². The highest BCUT2D eigenvalue weighted by Gasteiger charge is 2.25. The first-order chi connectivity index (χ1) is 13.9. The number of fused-ring (bicyclic) bond motifs is 1. The monoisotopic (exact) mass is 397 g/mol. The third-order valence-electron chi connectivity index (χ3n) is 5.86. The average Bonchev–Trinajstić information content (AvgIpc) is 3.14. The Morgan fingerprint density at radius 3 is 2.72 bits per heavy atom. The summed E-state index contributed by atoms with van der Waals surface area (Å²) < 4.78 is 13.7. The maximum atomic E-state index is 13.7. The largest absolute Gasteiger partial charge is 0.382 e. The van der Waals surface area contributed by atoms with Crippen LogP contribution in [-0.2, 0) is 4.79 Å². The van der Waals surface area contributed by atoms with E-state index in [1.54, 1.807) is 6.07 Å². The van der Waals surface area contributed by atoms with Crippen LogP contribution in [0.2, 0.25) is 0 Å². The molecule has 7 heteroatoms. The number of likely N-dealkylation sites (N-methyl/N-ethyl adjacent to an activating group) is 1. The Hall–Kier alpha value is -2.64. The van der Waals surface area contributed by atoms with E-state index in [1.807, 2.05) is 19.9 Å². The second-order valence-electron chi connectivity index (χ2n) is 7.94. The highest BCUT2D eigenvalue weighted by molar-refractivity contribution is 6.34. The summed E-state index contributed by atoms with van der Waals surface area (Å²) in [7, 11) is 2.16. The van der Waals surface area contributed by atoms with E-state index in [1.165, 1.54) is 12.1 Å². The lowest BCUT2D eigenvalue weighted by Crippen LogP contribution is -2.45. The van der Waals surface area contributed by atoms with Gasteiger partial charge in [-0.05, 0) is 50.7 Å². The minimum absolute atomic E-state index is 0.207. The molecule has 0 saturated carbocycles. The molecular weight excluding hydrogens is 369 g/mol. The van der Waals surface area contributed by atoms with Crippen LogP contribution in [0.3, 0.4) is 0 Å². The number of aryl methyl sites for hydroxylation is 1. The van der Waals surface area contributed by atoms with Gasteiger partial charge in [0.1, 0.15) is 5.82 Å². The van der Waals surface area contributed by atoms with E-state index < -0.39 is 0 Å². The Balaban J connectivity index is 1.49. The number of H-pyrrole nitrogens is 1. The van der Waals surface area contributed by atoms with Gasteiger partial charge in [0, 0.05) is 61.9 Å². The quantitative estimate of drug-likeness (QED) is 0.679. The second kappa shape index (κ2) is 8.00. The number of nitrogens with zero attached hydrogens (tertiary/aromatic N) is 2. The molecule has 0 radical (unpaired) electrons. The highest BCUT2D eigenvalue weighted by Crippen LogP contribution is 2.35. The number of anilines is 2. The molecular formula is C22H28FN5O. The molecule has 1 aromatic carbocycles. The maximum Gasteiger partial charge on any atom is 0.256 e. The van der Waals surface area contributed by atoms with Gasteiger partial charge < -0.3 is 20.5 Å². The Kier molecular flexibility index (Phi) is 5.43. The van der Waals surface area contributed by atoms with Gasteiger partial charge in [-0.25, -0.2) is 4.39 Å². The number of aromatic nitrogens is 1. The normalized spacial score (nSPS) is 18.9. The van der Waals surface area contributed by atoms with Crippen molar-refractivity contribution in [1.29, 1.82) is 0 Å². The molecule has 1 saturated heterocycles. The van der Waals surface area contributed by atoms with Crippen molar-refractivity contribution in [2.24, 2.45) is 0 Å². The average molecular weight is 397 g/mol. The van der Waals surface area contributed by atoms with Crippen LogP contribution < -0.4 is 10.6 Å². The number of piperazine rings is 1. The molecule has 1 amide bonds. The van der Waals surface area contributed by atoms with E-state index in [2.05, 4.69) is 32.5 Å². The smallest absolute Gasteiger partial charge is 0.256 e. The molecule has 3 N–H and O–H groups in total. The van der Waals surface area contributed by atoms with Gasteiger partial charge >= 0.3 is 0 Å². The summed E-state index contributed by atoms with van der Waals surface area (Å²) in [6.07, 6.45) is 1.81. The molecule has 0 unspecified atom stereocenters. The predicted molar refractivity (Wildman–Crippen MR) is 116 cm³/mol. The second-order valence-corrected chi connectivity index (χ2v) is 7.94. The molecule has 2 aromatic rings. The lowest BCUT2D eigenvalue weighted by atomic mass is 10.0. The highest BCUT2D eigenvalue weighted by atomic mass is 19.1. The molecule has 29 heavy (non-hydrogen) atoms. The molecule has 4 rings (SSSR count). The van der Waals surface area contributed by atoms with Crippen LogP contribution in [-0.4, -0.2) is 67.0 Å². The van der Waals surface area contributed by atoms with E-state index in [0.717, 1.165) is 61.9 Å². The minimum Gasteiger partial charge on any atom is -0.382 e. The van der Waals surface area contributed by atoms with Crippen LogP contribution in [0.25, 0.3) is 11.6 Å². The molecule has 154 valence electrons. The van der Waals surface area contributed by atoms with Crippen LogP contribution in [0.15, 0.2) is 18.2 Å². The summed E-state index contributed by atoms with van der Waals surface area (Å²) in [5.74, 6) is -0.557. The van der Waals surface area contributed by atoms with Crippen LogP contribution in [0, 0.1) is 19.7 Å². The zero-order valence-corrected chi connectivity index (χ0v) is 17.2. The Bertz CT molecular complexity index is 956. The minimum atomic E-state index is -0.350. The van der Waals surface area contributed by atoms with Gasteiger partial charge in [0.25, 0.3) is 5.91 Å². The molecule has 6 nitrogen and oxygen atoms in total. The van der Waals surface area contributed by atoms with Gasteiger partial charge in [-0.1, -0.05) is 0 Å². The number of rotatable bonds is 5. The summed E-state index contributed by atoms with van der Waals surface area (Å²) in [4.78, 5) is 20.6. The van der Waals surface area contributed by atoms with Gasteiger partial charge in [0.15, 0.2) is 0 Å². The molecule has 3 heterocycles. The van der Waals surface area contributed by atoms with E-state index in [9.17, 15) is 9.18 Å². The number of halogens is 1. The van der Waals surface area contributed by atoms with Crippen molar-refractivity contribution in [2.45, 2.75) is 13.8 Å². The maximum absolute atomic E-state index is 13.7. The number of benzene rings is 1. The number of hydrogen-bond acceptors (Lipinski definition) is 4. The van der Waals surface area contributed by atoms with Crippen molar-refractivity contribution in [2.75, 3.05) is 56.9 Å². The van der Waals surface area contributed by atoms with Crippen LogP contribution in [0.5, 0.6) is 0 Å². The standard InChI is InChI=1S/C22H28FN5O/c1-14-20(13-18-17-12-16(23)4-5-19(17)26-22(18)29)25-15(2)21(14)24-6-7-28-10-8-27(3)9-11-28/h4-5,12-13,24-25H,6-11H2,1-3H3,(H,26,29). The lowest BCUT2D eigenvalue weighted by Gasteiger charge is -2.32. The third kappa shape index (κ3) is 4.06. The third-order valence-corrected chi connectivity index (χ3v) is 5.86. The van der Waals surface area contributed by atoms with Crippen LogP contribution in [0.1, 0.15) is 22.5 Å². The Labute approximate surface area is 170 Å². The Morgan fingerprint density at radius 2 is 1.97 bits per heavy atom. The first-order valence-corrected chi connectivity index (χ1v) is 10.1. The van der Waals surface area contributed by atoms with Crippen LogP contribution >= 0.6 is 0 Å². The lowest BCUT2D eigenvalue weighted by molar-refractivity contribution is -0.110. The summed E-state index contributed by atoms with van der Waals surface area (Å²) >= 11 is 0. The van der Waals surface area contributed by atoms with Gasteiger partial charge in [0.05, 0.1) is 11.3 Å². The molecule has 2 aliphatic heterocycles. The number of carbonyl (C=O) groups is 1. The molecule has 0 bridgehead atoms. The first-order valence-electron chi connectivity index (χ1n) is 10.1. The van der Waals surface area contributed by atoms with E-state index in [-0.39, 0.29) is 11.7 Å². The Morgan fingerprint density at radius 1 is 1.21 bits per heavy atom. The number of nitrogens with one attached hydrogen (secondary N) is 3. The van der Waals surface area contributed by atoms with Crippen molar-refractivity contribution in [1.82, 2.24) is 14.8 Å². The van der Waals surface area contributed by atoms with Gasteiger partial charge in [0.2, 0.25) is 0 Å². The van der Waals surface area contributed by atoms with Gasteiger partial charge in [-0.15, -0.1) is 0 Å². The summed E-state index contributed by atoms with van der Waals surface area (Å²) in [5, 5.41) is 6.35. The van der Waals surface area contributed by atoms with Crippen molar-refractivity contribution >= 4 is 28.9 Å². The zero-order chi connectivity index (χ0) is 20.5. The number of hydrogen-bond donors (Lipinski definition) is 3. The number of aromatic amines is 1. The number of carbonyl (C=O) groups excluding carboxylic acids is 1. The molecule has 2 aliphatic rings. The first kappa shape index (κ1) is 19.7. The molecule has 0 spiro atoms. The molecule has 0 aliphatic carbocycles.